The highest BCUT2D eigenvalue weighted by Crippen LogP contribution is 2.21. The Kier molecular flexibility index (Phi) is 4.42. The molecule has 0 unspecified atom stereocenters. The molecule has 1 aromatic heterocycles. The zero-order chi connectivity index (χ0) is 14.7. The van der Waals surface area contributed by atoms with Gasteiger partial charge in [-0.1, -0.05) is 19.0 Å². The summed E-state index contributed by atoms with van der Waals surface area (Å²) in [7, 11) is 0. The molecule has 1 atom stereocenters. The van der Waals surface area contributed by atoms with Gasteiger partial charge in [-0.3, -0.25) is 9.59 Å². The molecule has 2 heterocycles. The van der Waals surface area contributed by atoms with E-state index in [2.05, 4.69) is 5.16 Å². The summed E-state index contributed by atoms with van der Waals surface area (Å²) in [5.41, 5.74) is 1.70. The molecule has 0 spiro atoms. The van der Waals surface area contributed by atoms with Crippen LogP contribution in [-0.2, 0) is 28.9 Å². The number of carboxylic acid groups (broad SMARTS) is 1. The van der Waals surface area contributed by atoms with E-state index in [-0.39, 0.29) is 12.3 Å². The van der Waals surface area contributed by atoms with Gasteiger partial charge in [-0.25, -0.2) is 0 Å². The summed E-state index contributed by atoms with van der Waals surface area (Å²) in [5.74, 6) is -0.544. The lowest BCUT2D eigenvalue weighted by Crippen LogP contribution is -2.31. The highest BCUT2D eigenvalue weighted by atomic mass is 16.5. The molecule has 0 bridgehead atoms. The van der Waals surface area contributed by atoms with Crippen molar-refractivity contribution in [3.05, 3.63) is 17.0 Å². The molecule has 1 amide bonds. The number of nitrogens with zero attached hydrogens (tertiary/aromatic N) is 2. The minimum atomic E-state index is -0.825. The number of carbonyl (C=O) groups is 2. The fourth-order valence-corrected chi connectivity index (χ4v) is 2.59. The molecule has 110 valence electrons. The lowest BCUT2D eigenvalue weighted by molar-refractivity contribution is -0.141. The van der Waals surface area contributed by atoms with E-state index in [0.717, 1.165) is 23.4 Å². The molecule has 0 saturated carbocycles. The van der Waals surface area contributed by atoms with Crippen LogP contribution < -0.4 is 0 Å². The molecule has 20 heavy (non-hydrogen) atoms. The standard InChI is InChI=1S/C14H20N2O4/c1-3-11-10(12(4-2)20-15-11)7-13(17)16-6-5-9(8-16)14(18)19/h9H,3-8H2,1-2H3,(H,18,19)/t9-/m0/s1. The number of carboxylic acids is 1. The van der Waals surface area contributed by atoms with Crippen LogP contribution in [0.1, 0.15) is 37.3 Å². The average molecular weight is 280 g/mol. The molecule has 0 aliphatic carbocycles. The van der Waals surface area contributed by atoms with E-state index < -0.39 is 11.9 Å². The van der Waals surface area contributed by atoms with E-state index in [9.17, 15) is 9.59 Å². The van der Waals surface area contributed by atoms with Crippen LogP contribution >= 0.6 is 0 Å². The highest BCUT2D eigenvalue weighted by molar-refractivity contribution is 5.81. The summed E-state index contributed by atoms with van der Waals surface area (Å²) in [4.78, 5) is 24.8. The molecule has 1 aliphatic heterocycles. The third-order valence-electron chi connectivity index (χ3n) is 3.83. The third kappa shape index (κ3) is 2.84. The predicted molar refractivity (Wildman–Crippen MR) is 71.3 cm³/mol. The van der Waals surface area contributed by atoms with E-state index >= 15 is 0 Å². The van der Waals surface area contributed by atoms with Crippen LogP contribution in [-0.4, -0.2) is 40.1 Å². The maximum absolute atomic E-state index is 12.3. The van der Waals surface area contributed by atoms with Crippen molar-refractivity contribution in [3.8, 4) is 0 Å². The van der Waals surface area contributed by atoms with Crippen molar-refractivity contribution in [2.24, 2.45) is 5.92 Å². The number of amides is 1. The monoisotopic (exact) mass is 280 g/mol. The van der Waals surface area contributed by atoms with Crippen molar-refractivity contribution >= 4 is 11.9 Å². The fraction of sp³-hybridized carbons (Fsp3) is 0.643. The first-order chi connectivity index (χ1) is 9.56. The molecule has 2 rings (SSSR count). The molecule has 1 N–H and O–H groups in total. The second-order valence-corrected chi connectivity index (χ2v) is 5.08. The van der Waals surface area contributed by atoms with Crippen molar-refractivity contribution in [2.45, 2.75) is 39.5 Å². The van der Waals surface area contributed by atoms with Gasteiger partial charge < -0.3 is 14.5 Å². The molecular formula is C14H20N2O4. The summed E-state index contributed by atoms with van der Waals surface area (Å²) in [6, 6.07) is 0. The van der Waals surface area contributed by atoms with E-state index in [1.807, 2.05) is 13.8 Å². The van der Waals surface area contributed by atoms with Crippen LogP contribution in [0.4, 0.5) is 0 Å². The summed E-state index contributed by atoms with van der Waals surface area (Å²) >= 11 is 0. The van der Waals surface area contributed by atoms with Gasteiger partial charge in [0.25, 0.3) is 0 Å². The van der Waals surface area contributed by atoms with Gasteiger partial charge >= 0.3 is 5.97 Å². The zero-order valence-electron chi connectivity index (χ0n) is 11.9. The Hall–Kier alpha value is -1.85. The second kappa shape index (κ2) is 6.07. The topological polar surface area (TPSA) is 83.6 Å². The molecule has 1 aliphatic rings. The first kappa shape index (κ1) is 14.6. The summed E-state index contributed by atoms with van der Waals surface area (Å²) < 4.78 is 5.24. The fourth-order valence-electron chi connectivity index (χ4n) is 2.59. The van der Waals surface area contributed by atoms with Gasteiger partial charge in [0, 0.05) is 25.1 Å². The van der Waals surface area contributed by atoms with Crippen molar-refractivity contribution in [2.75, 3.05) is 13.1 Å². The molecule has 6 heteroatoms. The Balaban J connectivity index is 2.05. The van der Waals surface area contributed by atoms with Gasteiger partial charge in [-0.05, 0) is 12.8 Å². The molecular weight excluding hydrogens is 260 g/mol. The van der Waals surface area contributed by atoms with Crippen molar-refractivity contribution in [3.63, 3.8) is 0 Å². The number of aliphatic carboxylic acids is 1. The van der Waals surface area contributed by atoms with Gasteiger partial charge in [0.15, 0.2) is 0 Å². The minimum Gasteiger partial charge on any atom is -0.481 e. The van der Waals surface area contributed by atoms with Crippen molar-refractivity contribution < 1.29 is 19.2 Å². The van der Waals surface area contributed by atoms with E-state index in [1.54, 1.807) is 4.90 Å². The Bertz CT molecular complexity index is 488. The van der Waals surface area contributed by atoms with Crippen LogP contribution in [0.5, 0.6) is 0 Å². The number of aromatic nitrogens is 1. The summed E-state index contributed by atoms with van der Waals surface area (Å²) in [5, 5.41) is 13.0. The molecule has 6 nitrogen and oxygen atoms in total. The lowest BCUT2D eigenvalue weighted by atomic mass is 10.1. The van der Waals surface area contributed by atoms with E-state index in [0.29, 0.717) is 25.9 Å². The maximum atomic E-state index is 12.3. The van der Waals surface area contributed by atoms with Gasteiger partial charge in [0.2, 0.25) is 5.91 Å². The molecule has 0 aromatic carbocycles. The smallest absolute Gasteiger partial charge is 0.308 e. The lowest BCUT2D eigenvalue weighted by Gasteiger charge is -2.15. The first-order valence-corrected chi connectivity index (χ1v) is 7.03. The highest BCUT2D eigenvalue weighted by Gasteiger charge is 2.31. The summed E-state index contributed by atoms with van der Waals surface area (Å²) in [6.45, 7) is 4.76. The third-order valence-corrected chi connectivity index (χ3v) is 3.83. The maximum Gasteiger partial charge on any atom is 0.308 e. The molecule has 1 aromatic rings. The minimum absolute atomic E-state index is 0.0404. The first-order valence-electron chi connectivity index (χ1n) is 7.03. The molecule has 0 radical (unpaired) electrons. The number of rotatable bonds is 5. The largest absolute Gasteiger partial charge is 0.481 e. The van der Waals surface area contributed by atoms with Crippen LogP contribution in [0.25, 0.3) is 0 Å². The van der Waals surface area contributed by atoms with E-state index in [1.165, 1.54) is 0 Å². The van der Waals surface area contributed by atoms with Crippen molar-refractivity contribution in [1.82, 2.24) is 10.1 Å². The van der Waals surface area contributed by atoms with Crippen LogP contribution in [0, 0.1) is 5.92 Å². The predicted octanol–water partition coefficient (Wildman–Crippen LogP) is 1.28. The Morgan fingerprint density at radius 3 is 2.70 bits per heavy atom. The second-order valence-electron chi connectivity index (χ2n) is 5.08. The van der Waals surface area contributed by atoms with Gasteiger partial charge in [0.1, 0.15) is 5.76 Å². The number of likely N-dealkylation sites (tertiary alicyclic amines) is 1. The number of aryl methyl sites for hydroxylation is 2. The van der Waals surface area contributed by atoms with Crippen molar-refractivity contribution in [1.29, 1.82) is 0 Å². The van der Waals surface area contributed by atoms with E-state index in [4.69, 9.17) is 9.63 Å². The normalized spacial score (nSPS) is 18.5. The molecule has 1 saturated heterocycles. The van der Waals surface area contributed by atoms with Gasteiger partial charge in [0.05, 0.1) is 18.0 Å². The Morgan fingerprint density at radius 2 is 2.15 bits per heavy atom. The van der Waals surface area contributed by atoms with Crippen LogP contribution in [0.2, 0.25) is 0 Å². The molecule has 1 fully saturated rings. The van der Waals surface area contributed by atoms with Gasteiger partial charge in [-0.2, -0.15) is 0 Å². The zero-order valence-corrected chi connectivity index (χ0v) is 11.9. The van der Waals surface area contributed by atoms with Crippen LogP contribution in [0.15, 0.2) is 4.52 Å². The van der Waals surface area contributed by atoms with Gasteiger partial charge in [-0.15, -0.1) is 0 Å². The number of hydrogen-bond acceptors (Lipinski definition) is 4. The quantitative estimate of drug-likeness (QED) is 0.878. The average Bonchev–Trinajstić information content (AvgIpc) is 3.05. The summed E-state index contributed by atoms with van der Waals surface area (Å²) in [6.07, 6.45) is 2.21. The number of hydrogen-bond donors (Lipinski definition) is 1. The SMILES string of the molecule is CCc1noc(CC)c1CC(=O)N1CC[C@H](C(=O)O)C1. The Morgan fingerprint density at radius 1 is 1.40 bits per heavy atom. The Labute approximate surface area is 117 Å². The number of carbonyl (C=O) groups excluding carboxylic acids is 1. The van der Waals surface area contributed by atoms with Crippen LogP contribution in [0.3, 0.4) is 0 Å².